The van der Waals surface area contributed by atoms with Crippen LogP contribution in [0.15, 0.2) is 48.8 Å². The first kappa shape index (κ1) is 19.0. The summed E-state index contributed by atoms with van der Waals surface area (Å²) < 4.78 is 0. The number of nitrogens with one attached hydrogen (secondary N) is 2. The van der Waals surface area contributed by atoms with Crippen molar-refractivity contribution in [3.8, 4) is 0 Å². The maximum atomic E-state index is 6.24. The number of H-pyrrole nitrogens is 2. The van der Waals surface area contributed by atoms with Gasteiger partial charge >= 0.3 is 5.95 Å². The molecule has 0 bridgehead atoms. The molecule has 7 nitrogen and oxygen atoms in total. The van der Waals surface area contributed by atoms with Gasteiger partial charge in [-0.2, -0.15) is 0 Å². The van der Waals surface area contributed by atoms with Gasteiger partial charge in [-0.25, -0.2) is 9.97 Å². The van der Waals surface area contributed by atoms with Crippen molar-refractivity contribution < 1.29 is 4.98 Å². The summed E-state index contributed by atoms with van der Waals surface area (Å²) in [5, 5.41) is 1.14. The summed E-state index contributed by atoms with van der Waals surface area (Å²) in [6.45, 7) is 3.10. The molecule has 0 fully saturated rings. The molecule has 9 heteroatoms. The molecule has 2 aromatic carbocycles. The van der Waals surface area contributed by atoms with Crippen LogP contribution in [0.4, 0.5) is 17.5 Å². The van der Waals surface area contributed by atoms with Crippen molar-refractivity contribution in [2.45, 2.75) is 13.1 Å². The summed E-state index contributed by atoms with van der Waals surface area (Å²) in [4.78, 5) is 19.6. The average molecular weight is 441 g/mol. The molecular formula is C21H20Cl2N7+. The van der Waals surface area contributed by atoms with E-state index in [1.165, 1.54) is 11.3 Å². The molecule has 2 aromatic heterocycles. The van der Waals surface area contributed by atoms with E-state index >= 15 is 0 Å². The van der Waals surface area contributed by atoms with Gasteiger partial charge in [-0.05, 0) is 23.8 Å². The molecule has 4 aromatic rings. The molecule has 4 N–H and O–H groups in total. The van der Waals surface area contributed by atoms with Gasteiger partial charge in [-0.15, -0.1) is 0 Å². The Morgan fingerprint density at radius 1 is 1.10 bits per heavy atom. The van der Waals surface area contributed by atoms with E-state index in [0.29, 0.717) is 21.6 Å². The van der Waals surface area contributed by atoms with Gasteiger partial charge in [0.05, 0.1) is 29.5 Å². The number of halogens is 2. The van der Waals surface area contributed by atoms with E-state index in [0.717, 1.165) is 43.1 Å². The minimum atomic E-state index is 0.342. The number of imidazole rings is 1. The molecule has 1 aliphatic heterocycles. The highest BCUT2D eigenvalue weighted by Crippen LogP contribution is 2.30. The maximum absolute atomic E-state index is 6.24. The Labute approximate surface area is 183 Å². The third-order valence-electron chi connectivity index (χ3n) is 5.34. The van der Waals surface area contributed by atoms with E-state index < -0.39 is 0 Å². The van der Waals surface area contributed by atoms with Gasteiger partial charge in [-0.1, -0.05) is 52.5 Å². The van der Waals surface area contributed by atoms with Crippen LogP contribution in [0.3, 0.4) is 0 Å². The van der Waals surface area contributed by atoms with Crippen LogP contribution in [0.2, 0.25) is 10.0 Å². The second-order valence-electron chi connectivity index (χ2n) is 7.29. The van der Waals surface area contributed by atoms with E-state index in [4.69, 9.17) is 28.9 Å². The molecule has 0 unspecified atom stereocenters. The van der Waals surface area contributed by atoms with Crippen LogP contribution >= 0.6 is 23.2 Å². The average Bonchev–Trinajstić information content (AvgIpc) is 3.13. The SMILES string of the molecule is Nc1nc2nc[nH]c2c(N2CCN(Cc3ccc(Cl)c(Cl)c3)c3ccccc3C2)[nH+]1. The Kier molecular flexibility index (Phi) is 4.84. The second-order valence-corrected chi connectivity index (χ2v) is 8.11. The number of anilines is 3. The molecule has 1 aliphatic rings. The van der Waals surface area contributed by atoms with E-state index in [2.05, 4.69) is 54.0 Å². The Morgan fingerprint density at radius 3 is 2.83 bits per heavy atom. The number of para-hydroxylation sites is 1. The monoisotopic (exact) mass is 440 g/mol. The third-order valence-corrected chi connectivity index (χ3v) is 6.08. The maximum Gasteiger partial charge on any atom is 0.344 e. The topological polar surface area (TPSA) is 88.2 Å². The molecule has 0 atom stereocenters. The molecule has 0 amide bonds. The van der Waals surface area contributed by atoms with E-state index in [-0.39, 0.29) is 0 Å². The zero-order valence-corrected chi connectivity index (χ0v) is 17.6. The molecule has 0 spiro atoms. The highest BCUT2D eigenvalue weighted by atomic mass is 35.5. The fraction of sp³-hybridized carbons (Fsp3) is 0.190. The summed E-state index contributed by atoms with van der Waals surface area (Å²) in [5.74, 6) is 1.23. The van der Waals surface area contributed by atoms with Gasteiger partial charge in [0.25, 0.3) is 0 Å². The van der Waals surface area contributed by atoms with Crippen LogP contribution in [0.25, 0.3) is 11.2 Å². The van der Waals surface area contributed by atoms with Crippen LogP contribution in [0.1, 0.15) is 11.1 Å². The lowest BCUT2D eigenvalue weighted by molar-refractivity contribution is -0.348. The van der Waals surface area contributed by atoms with Gasteiger partial charge in [0.2, 0.25) is 11.5 Å². The van der Waals surface area contributed by atoms with Crippen molar-refractivity contribution in [3.05, 3.63) is 70.0 Å². The standard InChI is InChI=1S/C21H19Cl2N7/c22-15-6-5-13(9-16(15)23)10-29-7-8-30(11-14-3-1-2-4-17(14)29)20-18-19(26-12-25-18)27-21(24)28-20/h1-6,9,12H,7-8,10-11H2,(H3,24,25,26,27,28)/p+1. The molecule has 152 valence electrons. The molecule has 5 rings (SSSR count). The van der Waals surface area contributed by atoms with Crippen LogP contribution in [0.5, 0.6) is 0 Å². The van der Waals surface area contributed by atoms with Gasteiger partial charge in [0.15, 0.2) is 5.52 Å². The normalized spacial score (nSPS) is 14.1. The van der Waals surface area contributed by atoms with E-state index in [9.17, 15) is 0 Å². The van der Waals surface area contributed by atoms with Crippen molar-refractivity contribution >= 4 is 51.8 Å². The fourth-order valence-electron chi connectivity index (χ4n) is 3.92. The molecular weight excluding hydrogens is 421 g/mol. The lowest BCUT2D eigenvalue weighted by Gasteiger charge is -2.24. The Balaban J connectivity index is 1.50. The van der Waals surface area contributed by atoms with Crippen LogP contribution in [0, 0.1) is 0 Å². The number of nitrogen functional groups attached to an aromatic ring is 1. The van der Waals surface area contributed by atoms with E-state index in [1.807, 2.05) is 18.2 Å². The van der Waals surface area contributed by atoms with Gasteiger partial charge in [0, 0.05) is 24.3 Å². The lowest BCUT2D eigenvalue weighted by atomic mass is 10.1. The molecule has 30 heavy (non-hydrogen) atoms. The van der Waals surface area contributed by atoms with Crippen LogP contribution < -0.4 is 20.5 Å². The molecule has 0 saturated carbocycles. The minimum Gasteiger partial charge on any atom is -0.364 e. The Morgan fingerprint density at radius 2 is 1.97 bits per heavy atom. The first-order valence-corrected chi connectivity index (χ1v) is 10.4. The summed E-state index contributed by atoms with van der Waals surface area (Å²) in [7, 11) is 0. The van der Waals surface area contributed by atoms with Gasteiger partial charge < -0.3 is 20.5 Å². The van der Waals surface area contributed by atoms with E-state index in [1.54, 1.807) is 6.33 Å². The highest BCUT2D eigenvalue weighted by molar-refractivity contribution is 6.42. The predicted octanol–water partition coefficient (Wildman–Crippen LogP) is 3.69. The lowest BCUT2D eigenvalue weighted by Crippen LogP contribution is -2.35. The van der Waals surface area contributed by atoms with Crippen molar-refractivity contribution in [2.24, 2.45) is 0 Å². The number of aromatic amines is 2. The Hall–Kier alpha value is -3.03. The number of nitrogens with zero attached hydrogens (tertiary/aromatic N) is 4. The summed E-state index contributed by atoms with van der Waals surface area (Å²) in [6.07, 6.45) is 1.64. The van der Waals surface area contributed by atoms with Crippen molar-refractivity contribution in [1.82, 2.24) is 15.0 Å². The summed E-state index contributed by atoms with van der Waals surface area (Å²) >= 11 is 12.3. The number of benzene rings is 2. The first-order chi connectivity index (χ1) is 14.6. The van der Waals surface area contributed by atoms with Crippen molar-refractivity contribution in [1.29, 1.82) is 0 Å². The summed E-state index contributed by atoms with van der Waals surface area (Å²) in [6, 6.07) is 14.2. The number of hydrogen-bond donors (Lipinski definition) is 2. The first-order valence-electron chi connectivity index (χ1n) is 9.62. The Bertz CT molecular complexity index is 1220. The fourth-order valence-corrected chi connectivity index (χ4v) is 4.24. The third kappa shape index (κ3) is 3.51. The number of rotatable bonds is 3. The molecule has 0 radical (unpaired) electrons. The number of nitrogens with two attached hydrogens (primary N) is 1. The quantitative estimate of drug-likeness (QED) is 0.507. The summed E-state index contributed by atoms with van der Waals surface area (Å²) in [5.41, 5.74) is 11.0. The van der Waals surface area contributed by atoms with Gasteiger partial charge in [-0.3, -0.25) is 0 Å². The van der Waals surface area contributed by atoms with Crippen molar-refractivity contribution in [2.75, 3.05) is 28.6 Å². The zero-order chi connectivity index (χ0) is 20.7. The largest absolute Gasteiger partial charge is 0.364 e. The smallest absolute Gasteiger partial charge is 0.344 e. The van der Waals surface area contributed by atoms with Crippen LogP contribution in [-0.2, 0) is 13.1 Å². The number of fused-ring (bicyclic) bond motifs is 2. The number of hydrogen-bond acceptors (Lipinski definition) is 5. The van der Waals surface area contributed by atoms with Crippen molar-refractivity contribution in [3.63, 3.8) is 0 Å². The predicted molar refractivity (Wildman–Crippen MR) is 120 cm³/mol. The number of aromatic nitrogens is 4. The van der Waals surface area contributed by atoms with Gasteiger partial charge in [0.1, 0.15) is 0 Å². The minimum absolute atomic E-state index is 0.342. The van der Waals surface area contributed by atoms with Crippen LogP contribution in [-0.4, -0.2) is 28.0 Å². The molecule has 0 saturated heterocycles. The molecule has 3 heterocycles. The second kappa shape index (κ2) is 7.66. The molecule has 0 aliphatic carbocycles. The zero-order valence-electron chi connectivity index (χ0n) is 16.1. The highest BCUT2D eigenvalue weighted by Gasteiger charge is 2.26.